The molecule has 178 valence electrons. The zero-order valence-electron chi connectivity index (χ0n) is 19.1. The maximum absolute atomic E-state index is 15.7. The lowest BCUT2D eigenvalue weighted by Crippen LogP contribution is -2.52. The normalized spacial score (nSPS) is 23.6. The van der Waals surface area contributed by atoms with Crippen LogP contribution in [0.1, 0.15) is 65.7 Å². The average Bonchev–Trinajstić information content (AvgIpc) is 3.17. The molecule has 8 heteroatoms. The van der Waals surface area contributed by atoms with E-state index in [1.54, 1.807) is 6.07 Å². The zero-order valence-corrected chi connectivity index (χ0v) is 19.1. The molecule has 2 saturated heterocycles. The maximum Gasteiger partial charge on any atom is 0.255 e. The van der Waals surface area contributed by atoms with Crippen molar-refractivity contribution in [1.29, 1.82) is 0 Å². The van der Waals surface area contributed by atoms with Gasteiger partial charge in [0.15, 0.2) is 0 Å². The van der Waals surface area contributed by atoms with Gasteiger partial charge in [0.05, 0.1) is 12.1 Å². The van der Waals surface area contributed by atoms with Gasteiger partial charge in [0.25, 0.3) is 5.91 Å². The first kappa shape index (κ1) is 22.7. The minimum absolute atomic E-state index is 0.0483. The molecule has 7 nitrogen and oxygen atoms in total. The molecule has 0 radical (unpaired) electrons. The van der Waals surface area contributed by atoms with Gasteiger partial charge in [-0.15, -0.1) is 0 Å². The number of likely N-dealkylation sites (tertiary alicyclic amines) is 1. The van der Waals surface area contributed by atoms with Crippen LogP contribution in [0.5, 0.6) is 0 Å². The van der Waals surface area contributed by atoms with Crippen LogP contribution < -0.4 is 5.32 Å². The van der Waals surface area contributed by atoms with Crippen molar-refractivity contribution in [2.24, 2.45) is 0 Å². The van der Waals surface area contributed by atoms with E-state index < -0.39 is 29.3 Å². The quantitative estimate of drug-likeness (QED) is 0.678. The van der Waals surface area contributed by atoms with E-state index in [4.69, 9.17) is 0 Å². The molecule has 3 aliphatic rings. The van der Waals surface area contributed by atoms with Gasteiger partial charge in [-0.2, -0.15) is 0 Å². The highest BCUT2D eigenvalue weighted by Crippen LogP contribution is 2.40. The highest BCUT2D eigenvalue weighted by Gasteiger charge is 2.43. The Labute approximate surface area is 197 Å². The number of carbonyl (C=O) groups excluding carboxylic acids is 3. The Bertz CT molecular complexity index is 1140. The van der Waals surface area contributed by atoms with Gasteiger partial charge < -0.3 is 10.0 Å². The number of nitrogens with one attached hydrogen (secondary N) is 1. The van der Waals surface area contributed by atoms with Crippen LogP contribution in [0.25, 0.3) is 0 Å². The Morgan fingerprint density at radius 2 is 1.79 bits per heavy atom. The molecule has 3 heterocycles. The van der Waals surface area contributed by atoms with Gasteiger partial charge in [-0.05, 0) is 37.8 Å². The molecule has 2 aromatic carbocycles. The summed E-state index contributed by atoms with van der Waals surface area (Å²) in [5.41, 5.74) is 0.502. The molecule has 2 fully saturated rings. The fourth-order valence-corrected chi connectivity index (χ4v) is 5.46. The van der Waals surface area contributed by atoms with Gasteiger partial charge in [-0.1, -0.05) is 36.4 Å². The van der Waals surface area contributed by atoms with Crippen molar-refractivity contribution < 1.29 is 23.9 Å². The number of imide groups is 1. The van der Waals surface area contributed by atoms with Crippen molar-refractivity contribution in [3.8, 4) is 0 Å². The predicted molar refractivity (Wildman–Crippen MR) is 122 cm³/mol. The predicted octanol–water partition coefficient (Wildman–Crippen LogP) is 2.63. The lowest BCUT2D eigenvalue weighted by Gasteiger charge is -2.41. The second-order valence-electron chi connectivity index (χ2n) is 9.51. The molecular weight excluding hydrogens is 437 g/mol. The van der Waals surface area contributed by atoms with Crippen LogP contribution in [0.15, 0.2) is 42.5 Å². The third-order valence-corrected chi connectivity index (χ3v) is 7.61. The van der Waals surface area contributed by atoms with E-state index >= 15 is 4.39 Å². The molecular formula is C26H28FN3O4. The van der Waals surface area contributed by atoms with Crippen LogP contribution in [-0.4, -0.2) is 51.8 Å². The zero-order chi connectivity index (χ0) is 24.0. The molecule has 0 saturated carbocycles. The minimum Gasteiger partial charge on any atom is -0.385 e. The van der Waals surface area contributed by atoms with E-state index in [1.165, 1.54) is 16.5 Å². The number of nitrogens with zero attached hydrogens (tertiary/aromatic N) is 2. The third-order valence-electron chi connectivity index (χ3n) is 7.61. The van der Waals surface area contributed by atoms with E-state index in [2.05, 4.69) is 29.3 Å². The van der Waals surface area contributed by atoms with E-state index in [0.29, 0.717) is 25.9 Å². The number of aliphatic hydroxyl groups is 1. The first-order valence-electron chi connectivity index (χ1n) is 11.8. The van der Waals surface area contributed by atoms with Crippen LogP contribution >= 0.6 is 0 Å². The molecule has 0 spiro atoms. The highest BCUT2D eigenvalue weighted by molar-refractivity contribution is 6.05. The first-order chi connectivity index (χ1) is 16.3. The van der Waals surface area contributed by atoms with Crippen molar-refractivity contribution in [2.75, 3.05) is 13.1 Å². The van der Waals surface area contributed by atoms with Crippen molar-refractivity contribution >= 4 is 17.7 Å². The average molecular weight is 466 g/mol. The fourth-order valence-electron chi connectivity index (χ4n) is 5.46. The Balaban J connectivity index is 1.34. The molecule has 34 heavy (non-hydrogen) atoms. The summed E-state index contributed by atoms with van der Waals surface area (Å²) in [6, 6.07) is 12.6. The monoisotopic (exact) mass is 465 g/mol. The topological polar surface area (TPSA) is 89.9 Å². The Morgan fingerprint density at radius 3 is 2.47 bits per heavy atom. The first-order valence-corrected chi connectivity index (χ1v) is 11.8. The molecule has 5 rings (SSSR count). The lowest BCUT2D eigenvalue weighted by atomic mass is 9.82. The van der Waals surface area contributed by atoms with Crippen LogP contribution in [0.4, 0.5) is 4.39 Å². The Kier molecular flexibility index (Phi) is 5.73. The van der Waals surface area contributed by atoms with Crippen molar-refractivity contribution in [3.05, 3.63) is 70.5 Å². The van der Waals surface area contributed by atoms with Crippen molar-refractivity contribution in [1.82, 2.24) is 15.1 Å². The Hall–Kier alpha value is -3.10. The summed E-state index contributed by atoms with van der Waals surface area (Å²) in [7, 11) is 0. The van der Waals surface area contributed by atoms with E-state index in [-0.39, 0.29) is 48.0 Å². The van der Waals surface area contributed by atoms with Gasteiger partial charge in [0, 0.05) is 42.2 Å². The van der Waals surface area contributed by atoms with Crippen LogP contribution in [-0.2, 0) is 21.7 Å². The van der Waals surface area contributed by atoms with Gasteiger partial charge in [-0.3, -0.25) is 24.6 Å². The molecule has 0 bridgehead atoms. The number of hydrogen-bond donors (Lipinski definition) is 2. The van der Waals surface area contributed by atoms with Crippen molar-refractivity contribution in [3.63, 3.8) is 0 Å². The van der Waals surface area contributed by atoms with E-state index in [0.717, 1.165) is 0 Å². The number of carbonyl (C=O) groups is 3. The van der Waals surface area contributed by atoms with E-state index in [9.17, 15) is 19.5 Å². The number of halogens is 1. The van der Waals surface area contributed by atoms with Crippen molar-refractivity contribution in [2.45, 2.75) is 56.8 Å². The van der Waals surface area contributed by atoms with Gasteiger partial charge in [0.2, 0.25) is 11.8 Å². The number of benzene rings is 2. The summed E-state index contributed by atoms with van der Waals surface area (Å²) in [5, 5.41) is 13.7. The second-order valence-corrected chi connectivity index (χ2v) is 9.51. The molecule has 2 N–H and O–H groups in total. The van der Waals surface area contributed by atoms with E-state index in [1.807, 2.05) is 18.2 Å². The number of hydrogen-bond acceptors (Lipinski definition) is 5. The molecule has 3 aliphatic heterocycles. The number of amides is 3. The van der Waals surface area contributed by atoms with Gasteiger partial charge >= 0.3 is 0 Å². The summed E-state index contributed by atoms with van der Waals surface area (Å²) in [5.74, 6) is -1.90. The largest absolute Gasteiger partial charge is 0.385 e. The minimum atomic E-state index is -1.32. The molecule has 2 unspecified atom stereocenters. The fraction of sp³-hybridized carbons (Fsp3) is 0.423. The summed E-state index contributed by atoms with van der Waals surface area (Å²) in [6.07, 6.45) is 1.12. The van der Waals surface area contributed by atoms with Gasteiger partial charge in [-0.25, -0.2) is 4.39 Å². The molecule has 2 aromatic rings. The standard InChI is InChI=1S/C26H28FN3O4/c1-16(17-5-3-2-4-6-17)29-13-11-26(34,12-14-29)20-8-7-18-19(23(20)27)15-30(25(18)33)21-9-10-22(31)28-24(21)32/h2-8,16,21,34H,9-15H2,1H3,(H,28,31,32). The summed E-state index contributed by atoms with van der Waals surface area (Å²) >= 11 is 0. The third kappa shape index (κ3) is 3.80. The number of fused-ring (bicyclic) bond motifs is 1. The summed E-state index contributed by atoms with van der Waals surface area (Å²) < 4.78 is 15.7. The molecule has 3 amide bonds. The second kappa shape index (κ2) is 8.60. The van der Waals surface area contributed by atoms with Crippen LogP contribution in [0, 0.1) is 5.82 Å². The lowest BCUT2D eigenvalue weighted by molar-refractivity contribution is -0.136. The summed E-state index contributed by atoms with van der Waals surface area (Å²) in [4.78, 5) is 40.3. The van der Waals surface area contributed by atoms with Crippen LogP contribution in [0.3, 0.4) is 0 Å². The maximum atomic E-state index is 15.7. The smallest absolute Gasteiger partial charge is 0.255 e. The molecule has 2 atom stereocenters. The number of piperidine rings is 2. The number of rotatable bonds is 4. The Morgan fingerprint density at radius 1 is 1.09 bits per heavy atom. The highest BCUT2D eigenvalue weighted by atomic mass is 19.1. The van der Waals surface area contributed by atoms with Crippen LogP contribution in [0.2, 0.25) is 0 Å². The van der Waals surface area contributed by atoms with Gasteiger partial charge in [0.1, 0.15) is 11.9 Å². The molecule has 0 aliphatic carbocycles. The SMILES string of the molecule is CC(c1ccccc1)N1CCC(O)(c2ccc3c(c2F)CN(C2CCC(=O)NC2=O)C3=O)CC1. The molecule has 0 aromatic heterocycles. The summed E-state index contributed by atoms with van der Waals surface area (Å²) in [6.45, 7) is 3.31.